The van der Waals surface area contributed by atoms with Crippen LogP contribution >= 0.6 is 0 Å². The van der Waals surface area contributed by atoms with E-state index in [9.17, 15) is 0 Å². The minimum atomic E-state index is 0.692. The Hall–Kier alpha value is -2.21. The Kier molecular flexibility index (Phi) is 3.38. The van der Waals surface area contributed by atoms with Crippen LogP contribution in [-0.4, -0.2) is 44.4 Å². The first kappa shape index (κ1) is 13.5. The topological polar surface area (TPSA) is 60.0 Å². The standard InChI is InChI=1S/C16H19N5O/c1-20-8-2-3-13(20)6-9-21-10-7-17-16(21)12-4-5-14-15(11-12)19-22-18-14/h4-5,7,10-11,13H,2-3,6,8-9H2,1H3. The molecule has 0 radical (unpaired) electrons. The molecule has 22 heavy (non-hydrogen) atoms. The summed E-state index contributed by atoms with van der Waals surface area (Å²) in [5.74, 6) is 0.977. The molecule has 0 bridgehead atoms. The molecule has 1 saturated heterocycles. The van der Waals surface area contributed by atoms with Crippen molar-refractivity contribution in [3.05, 3.63) is 30.6 Å². The quantitative estimate of drug-likeness (QED) is 0.740. The maximum absolute atomic E-state index is 4.76. The lowest BCUT2D eigenvalue weighted by atomic mass is 10.1. The van der Waals surface area contributed by atoms with E-state index in [2.05, 4.69) is 38.0 Å². The molecular weight excluding hydrogens is 278 g/mol. The van der Waals surface area contributed by atoms with Crippen LogP contribution in [0.25, 0.3) is 22.4 Å². The SMILES string of the molecule is CN1CCCC1CCn1ccnc1-c1ccc2nonc2c1. The van der Waals surface area contributed by atoms with Crippen molar-refractivity contribution < 1.29 is 4.63 Å². The lowest BCUT2D eigenvalue weighted by Gasteiger charge is -2.19. The fraction of sp³-hybridized carbons (Fsp3) is 0.438. The molecule has 3 aromatic rings. The van der Waals surface area contributed by atoms with Gasteiger partial charge in [-0.25, -0.2) is 9.61 Å². The van der Waals surface area contributed by atoms with Gasteiger partial charge in [0.05, 0.1) is 0 Å². The van der Waals surface area contributed by atoms with Gasteiger partial charge >= 0.3 is 0 Å². The van der Waals surface area contributed by atoms with E-state index in [1.54, 1.807) is 0 Å². The molecule has 4 rings (SSSR count). The molecule has 0 amide bonds. The number of likely N-dealkylation sites (tertiary alicyclic amines) is 1. The molecule has 1 aliphatic heterocycles. The first-order valence-electron chi connectivity index (χ1n) is 7.75. The highest BCUT2D eigenvalue weighted by Gasteiger charge is 2.20. The van der Waals surface area contributed by atoms with Crippen LogP contribution in [0.1, 0.15) is 19.3 Å². The zero-order valence-electron chi connectivity index (χ0n) is 12.6. The van der Waals surface area contributed by atoms with Gasteiger partial charge < -0.3 is 9.47 Å². The van der Waals surface area contributed by atoms with E-state index in [1.165, 1.54) is 19.4 Å². The number of benzene rings is 1. The normalized spacial score (nSPS) is 19.2. The predicted octanol–water partition coefficient (Wildman–Crippen LogP) is 2.57. The summed E-state index contributed by atoms with van der Waals surface area (Å²) in [7, 11) is 2.22. The molecule has 1 aromatic carbocycles. The van der Waals surface area contributed by atoms with E-state index in [-0.39, 0.29) is 0 Å². The molecule has 1 unspecified atom stereocenters. The second kappa shape index (κ2) is 5.53. The molecule has 0 saturated carbocycles. The average Bonchev–Trinajstić information content (AvgIpc) is 3.24. The zero-order chi connectivity index (χ0) is 14.9. The Balaban J connectivity index is 1.56. The molecule has 114 valence electrons. The third-order valence-corrected chi connectivity index (χ3v) is 4.60. The van der Waals surface area contributed by atoms with Crippen LogP contribution < -0.4 is 0 Å². The van der Waals surface area contributed by atoms with E-state index in [4.69, 9.17) is 4.63 Å². The molecule has 0 N–H and O–H groups in total. The number of aryl methyl sites for hydroxylation is 1. The molecule has 6 nitrogen and oxygen atoms in total. The number of fused-ring (bicyclic) bond motifs is 1. The second-order valence-electron chi connectivity index (χ2n) is 5.98. The summed E-state index contributed by atoms with van der Waals surface area (Å²) in [6.07, 6.45) is 7.69. The number of aromatic nitrogens is 4. The van der Waals surface area contributed by atoms with Gasteiger partial charge in [0.25, 0.3) is 0 Å². The number of nitrogens with zero attached hydrogens (tertiary/aromatic N) is 5. The summed E-state index contributed by atoms with van der Waals surface area (Å²) >= 11 is 0. The van der Waals surface area contributed by atoms with E-state index in [1.807, 2.05) is 24.4 Å². The lowest BCUT2D eigenvalue weighted by Crippen LogP contribution is -2.26. The maximum Gasteiger partial charge on any atom is 0.139 e. The molecular formula is C16H19N5O. The minimum Gasteiger partial charge on any atom is -0.331 e. The molecule has 1 aliphatic rings. The average molecular weight is 297 g/mol. The first-order valence-corrected chi connectivity index (χ1v) is 7.75. The summed E-state index contributed by atoms with van der Waals surface area (Å²) in [5, 5.41) is 7.75. The van der Waals surface area contributed by atoms with E-state index in [0.29, 0.717) is 6.04 Å². The minimum absolute atomic E-state index is 0.692. The van der Waals surface area contributed by atoms with Gasteiger partial charge in [-0.3, -0.25) is 0 Å². The van der Waals surface area contributed by atoms with E-state index < -0.39 is 0 Å². The number of rotatable bonds is 4. The highest BCUT2D eigenvalue weighted by Crippen LogP contribution is 2.23. The summed E-state index contributed by atoms with van der Waals surface area (Å²) in [6.45, 7) is 2.21. The van der Waals surface area contributed by atoms with Crippen LogP contribution in [0.5, 0.6) is 0 Å². The molecule has 3 heterocycles. The van der Waals surface area contributed by atoms with E-state index in [0.717, 1.165) is 35.4 Å². The van der Waals surface area contributed by atoms with Gasteiger partial charge in [-0.15, -0.1) is 0 Å². The van der Waals surface area contributed by atoms with Crippen molar-refractivity contribution in [3.8, 4) is 11.4 Å². The Morgan fingerprint density at radius 3 is 3.05 bits per heavy atom. The molecule has 0 spiro atoms. The van der Waals surface area contributed by atoms with Gasteiger partial charge in [0.15, 0.2) is 0 Å². The van der Waals surface area contributed by atoms with Crippen molar-refractivity contribution in [1.29, 1.82) is 0 Å². The van der Waals surface area contributed by atoms with Gasteiger partial charge in [0, 0.05) is 30.5 Å². The Bertz CT molecular complexity index is 778. The molecule has 0 aliphatic carbocycles. The van der Waals surface area contributed by atoms with Gasteiger partial charge in [0.1, 0.15) is 16.9 Å². The third kappa shape index (κ3) is 2.39. The van der Waals surface area contributed by atoms with Crippen LogP contribution in [0, 0.1) is 0 Å². The molecule has 6 heteroatoms. The smallest absolute Gasteiger partial charge is 0.139 e. The monoisotopic (exact) mass is 297 g/mol. The summed E-state index contributed by atoms with van der Waals surface area (Å²) in [4.78, 5) is 6.97. The first-order chi connectivity index (χ1) is 10.8. The van der Waals surface area contributed by atoms with Crippen molar-refractivity contribution in [3.63, 3.8) is 0 Å². The van der Waals surface area contributed by atoms with Gasteiger partial charge in [-0.05, 0) is 61.4 Å². The highest BCUT2D eigenvalue weighted by atomic mass is 16.6. The largest absolute Gasteiger partial charge is 0.331 e. The fourth-order valence-electron chi connectivity index (χ4n) is 3.30. The van der Waals surface area contributed by atoms with E-state index >= 15 is 0 Å². The Labute approximate surface area is 128 Å². The second-order valence-corrected chi connectivity index (χ2v) is 5.98. The van der Waals surface area contributed by atoms with Crippen molar-refractivity contribution in [2.75, 3.05) is 13.6 Å². The molecule has 2 aromatic heterocycles. The number of hydrogen-bond acceptors (Lipinski definition) is 5. The molecule has 1 atom stereocenters. The zero-order valence-corrected chi connectivity index (χ0v) is 12.6. The van der Waals surface area contributed by atoms with Gasteiger partial charge in [-0.2, -0.15) is 0 Å². The number of imidazole rings is 1. The summed E-state index contributed by atoms with van der Waals surface area (Å²) < 4.78 is 6.98. The van der Waals surface area contributed by atoms with Crippen molar-refractivity contribution >= 4 is 11.0 Å². The fourth-order valence-corrected chi connectivity index (χ4v) is 3.30. The highest BCUT2D eigenvalue weighted by molar-refractivity contribution is 5.78. The number of hydrogen-bond donors (Lipinski definition) is 0. The summed E-state index contributed by atoms with van der Waals surface area (Å²) in [5.41, 5.74) is 2.59. The lowest BCUT2D eigenvalue weighted by molar-refractivity contribution is 0.286. The van der Waals surface area contributed by atoms with Crippen LogP contribution in [0.3, 0.4) is 0 Å². The van der Waals surface area contributed by atoms with Crippen LogP contribution in [0.4, 0.5) is 0 Å². The van der Waals surface area contributed by atoms with Crippen LogP contribution in [0.2, 0.25) is 0 Å². The van der Waals surface area contributed by atoms with Crippen LogP contribution in [0.15, 0.2) is 35.2 Å². The summed E-state index contributed by atoms with van der Waals surface area (Å²) in [6, 6.07) is 6.61. The molecule has 1 fully saturated rings. The van der Waals surface area contributed by atoms with Crippen molar-refractivity contribution in [1.82, 2.24) is 24.8 Å². The Morgan fingerprint density at radius 1 is 1.27 bits per heavy atom. The predicted molar refractivity (Wildman–Crippen MR) is 83.3 cm³/mol. The van der Waals surface area contributed by atoms with Gasteiger partial charge in [-0.1, -0.05) is 0 Å². The van der Waals surface area contributed by atoms with Crippen molar-refractivity contribution in [2.24, 2.45) is 0 Å². The van der Waals surface area contributed by atoms with Gasteiger partial charge in [0.2, 0.25) is 0 Å². The van der Waals surface area contributed by atoms with Crippen LogP contribution in [-0.2, 0) is 6.54 Å². The maximum atomic E-state index is 4.76. The van der Waals surface area contributed by atoms with Crippen molar-refractivity contribution in [2.45, 2.75) is 31.8 Å². The third-order valence-electron chi connectivity index (χ3n) is 4.60. The Morgan fingerprint density at radius 2 is 2.18 bits per heavy atom.